The van der Waals surface area contributed by atoms with Gasteiger partial charge in [0.15, 0.2) is 0 Å². The van der Waals surface area contributed by atoms with Gasteiger partial charge >= 0.3 is 0 Å². The lowest BCUT2D eigenvalue weighted by molar-refractivity contribution is -0.140. The van der Waals surface area contributed by atoms with Crippen LogP contribution in [0.15, 0.2) is 36.4 Å². The molecule has 6 heteroatoms. The highest BCUT2D eigenvalue weighted by Gasteiger charge is 2.27. The SMILES string of the molecule is Cc1cc(C)cc(CC(=O)N(Cc2ccc(Cl)cc2Cl)C(C)C(=O)NCC(C)C)c1. The topological polar surface area (TPSA) is 49.4 Å². The fourth-order valence-corrected chi connectivity index (χ4v) is 3.78. The first-order chi connectivity index (χ1) is 14.1. The van der Waals surface area contributed by atoms with Crippen LogP contribution in [-0.2, 0) is 22.6 Å². The Morgan fingerprint density at radius 3 is 2.20 bits per heavy atom. The molecule has 2 amide bonds. The molecule has 1 N–H and O–H groups in total. The molecule has 0 fully saturated rings. The second kappa shape index (κ2) is 10.8. The van der Waals surface area contributed by atoms with Crippen LogP contribution in [0.3, 0.4) is 0 Å². The van der Waals surface area contributed by atoms with Gasteiger partial charge in [-0.25, -0.2) is 0 Å². The van der Waals surface area contributed by atoms with Crippen molar-refractivity contribution in [3.63, 3.8) is 0 Å². The van der Waals surface area contributed by atoms with Crippen LogP contribution in [0.1, 0.15) is 43.0 Å². The molecule has 1 unspecified atom stereocenters. The van der Waals surface area contributed by atoms with Gasteiger partial charge in [-0.05, 0) is 49.9 Å². The predicted molar refractivity (Wildman–Crippen MR) is 124 cm³/mol. The number of hydrogen-bond donors (Lipinski definition) is 1. The van der Waals surface area contributed by atoms with E-state index in [4.69, 9.17) is 23.2 Å². The van der Waals surface area contributed by atoms with E-state index in [1.165, 1.54) is 0 Å². The molecule has 2 rings (SSSR count). The summed E-state index contributed by atoms with van der Waals surface area (Å²) < 4.78 is 0. The van der Waals surface area contributed by atoms with Gasteiger partial charge in [-0.1, -0.05) is 72.4 Å². The summed E-state index contributed by atoms with van der Waals surface area (Å²) in [6.07, 6.45) is 0.218. The summed E-state index contributed by atoms with van der Waals surface area (Å²) in [4.78, 5) is 27.6. The lowest BCUT2D eigenvalue weighted by atomic mass is 10.0. The molecule has 30 heavy (non-hydrogen) atoms. The number of amides is 2. The van der Waals surface area contributed by atoms with Gasteiger partial charge in [0.2, 0.25) is 11.8 Å². The fraction of sp³-hybridized carbons (Fsp3) is 0.417. The molecular formula is C24H30Cl2N2O2. The third-order valence-electron chi connectivity index (χ3n) is 4.84. The van der Waals surface area contributed by atoms with Crippen LogP contribution in [-0.4, -0.2) is 29.3 Å². The number of carbonyl (C=O) groups is 2. The molecule has 0 aliphatic rings. The zero-order chi connectivity index (χ0) is 22.4. The van der Waals surface area contributed by atoms with Crippen LogP contribution < -0.4 is 5.32 Å². The molecule has 0 aromatic heterocycles. The summed E-state index contributed by atoms with van der Waals surface area (Å²) in [6.45, 7) is 10.6. The van der Waals surface area contributed by atoms with E-state index in [2.05, 4.69) is 11.4 Å². The lowest BCUT2D eigenvalue weighted by Gasteiger charge is -2.29. The highest BCUT2D eigenvalue weighted by molar-refractivity contribution is 6.35. The fourth-order valence-electron chi connectivity index (χ4n) is 3.32. The summed E-state index contributed by atoms with van der Waals surface area (Å²) in [6, 6.07) is 10.6. The number of aryl methyl sites for hydroxylation is 2. The third kappa shape index (κ3) is 7.03. The van der Waals surface area contributed by atoms with Crippen molar-refractivity contribution in [3.05, 3.63) is 68.7 Å². The molecule has 0 saturated carbocycles. The molecule has 0 aliphatic carbocycles. The summed E-state index contributed by atoms with van der Waals surface area (Å²) >= 11 is 12.4. The van der Waals surface area contributed by atoms with Gasteiger partial charge in [0.25, 0.3) is 0 Å². The Labute approximate surface area is 189 Å². The van der Waals surface area contributed by atoms with Gasteiger partial charge in [0.05, 0.1) is 6.42 Å². The average Bonchev–Trinajstić information content (AvgIpc) is 2.64. The Morgan fingerprint density at radius 2 is 1.63 bits per heavy atom. The number of rotatable bonds is 8. The highest BCUT2D eigenvalue weighted by atomic mass is 35.5. The smallest absolute Gasteiger partial charge is 0.242 e. The molecule has 0 spiro atoms. The van der Waals surface area contributed by atoms with Crippen LogP contribution >= 0.6 is 23.2 Å². The zero-order valence-electron chi connectivity index (χ0n) is 18.3. The van der Waals surface area contributed by atoms with E-state index < -0.39 is 6.04 Å². The van der Waals surface area contributed by atoms with Crippen LogP contribution in [0.4, 0.5) is 0 Å². The monoisotopic (exact) mass is 448 g/mol. The van der Waals surface area contributed by atoms with E-state index in [9.17, 15) is 9.59 Å². The number of nitrogens with one attached hydrogen (secondary N) is 1. The van der Waals surface area contributed by atoms with Crippen molar-refractivity contribution < 1.29 is 9.59 Å². The number of carbonyl (C=O) groups excluding carboxylic acids is 2. The number of nitrogens with zero attached hydrogens (tertiary/aromatic N) is 1. The minimum absolute atomic E-state index is 0.127. The molecule has 4 nitrogen and oxygen atoms in total. The van der Waals surface area contributed by atoms with Crippen molar-refractivity contribution in [2.75, 3.05) is 6.54 Å². The summed E-state index contributed by atoms with van der Waals surface area (Å²) in [5.74, 6) is 0.0204. The maximum Gasteiger partial charge on any atom is 0.242 e. The van der Waals surface area contributed by atoms with Crippen molar-refractivity contribution >= 4 is 35.0 Å². The van der Waals surface area contributed by atoms with Crippen molar-refractivity contribution in [2.24, 2.45) is 5.92 Å². The molecule has 0 saturated heterocycles. The molecule has 1 atom stereocenters. The molecule has 0 bridgehead atoms. The second-order valence-electron chi connectivity index (χ2n) is 8.25. The van der Waals surface area contributed by atoms with Gasteiger partial charge in [-0.2, -0.15) is 0 Å². The Bertz CT molecular complexity index is 892. The van der Waals surface area contributed by atoms with Crippen molar-refractivity contribution in [3.8, 4) is 0 Å². The van der Waals surface area contributed by atoms with E-state index in [0.717, 1.165) is 22.3 Å². The Morgan fingerprint density at radius 1 is 1.00 bits per heavy atom. The first-order valence-corrected chi connectivity index (χ1v) is 10.9. The summed E-state index contributed by atoms with van der Waals surface area (Å²) in [7, 11) is 0. The average molecular weight is 449 g/mol. The maximum absolute atomic E-state index is 13.3. The van der Waals surface area contributed by atoms with Crippen molar-refractivity contribution in [2.45, 2.75) is 53.6 Å². The van der Waals surface area contributed by atoms with Gasteiger partial charge in [0.1, 0.15) is 6.04 Å². The molecule has 0 aliphatic heterocycles. The van der Waals surface area contributed by atoms with E-state index in [0.29, 0.717) is 22.5 Å². The molecule has 0 heterocycles. The van der Waals surface area contributed by atoms with Gasteiger partial charge in [0, 0.05) is 23.1 Å². The molecule has 162 valence electrons. The predicted octanol–water partition coefficient (Wildman–Crippen LogP) is 5.34. The van der Waals surface area contributed by atoms with Crippen LogP contribution in [0.2, 0.25) is 10.0 Å². The molecule has 0 radical (unpaired) electrons. The Hall–Kier alpha value is -2.04. The minimum Gasteiger partial charge on any atom is -0.354 e. The third-order valence-corrected chi connectivity index (χ3v) is 5.43. The number of hydrogen-bond acceptors (Lipinski definition) is 2. The number of halogens is 2. The summed E-state index contributed by atoms with van der Waals surface area (Å²) in [5, 5.41) is 3.92. The first kappa shape index (κ1) is 24.2. The van der Waals surface area contributed by atoms with Crippen LogP contribution in [0, 0.1) is 19.8 Å². The van der Waals surface area contributed by atoms with Gasteiger partial charge in [-0.3, -0.25) is 9.59 Å². The van der Waals surface area contributed by atoms with Gasteiger partial charge in [-0.15, -0.1) is 0 Å². The van der Waals surface area contributed by atoms with Crippen LogP contribution in [0.25, 0.3) is 0 Å². The summed E-state index contributed by atoms with van der Waals surface area (Å²) in [5.41, 5.74) is 3.89. The van der Waals surface area contributed by atoms with E-state index in [-0.39, 0.29) is 24.8 Å². The van der Waals surface area contributed by atoms with Crippen molar-refractivity contribution in [1.82, 2.24) is 10.2 Å². The Kier molecular flexibility index (Phi) is 8.75. The van der Waals surface area contributed by atoms with Gasteiger partial charge < -0.3 is 10.2 Å². The quantitative estimate of drug-likeness (QED) is 0.591. The first-order valence-electron chi connectivity index (χ1n) is 10.1. The van der Waals surface area contributed by atoms with E-state index in [1.54, 1.807) is 30.0 Å². The molecular weight excluding hydrogens is 419 g/mol. The van der Waals surface area contributed by atoms with Crippen LogP contribution in [0.5, 0.6) is 0 Å². The largest absolute Gasteiger partial charge is 0.354 e. The standard InChI is InChI=1S/C24H30Cl2N2O2/c1-15(2)13-27-24(30)18(5)28(14-20-6-7-21(25)12-22(20)26)23(29)11-19-9-16(3)8-17(4)10-19/h6-10,12,15,18H,11,13-14H2,1-5H3,(H,27,30). The van der Waals surface area contributed by atoms with Crippen molar-refractivity contribution in [1.29, 1.82) is 0 Å². The normalized spacial score (nSPS) is 12.0. The highest BCUT2D eigenvalue weighted by Crippen LogP contribution is 2.24. The Balaban J connectivity index is 2.28. The zero-order valence-corrected chi connectivity index (χ0v) is 19.8. The second-order valence-corrected chi connectivity index (χ2v) is 9.09. The molecule has 2 aromatic rings. The number of benzene rings is 2. The van der Waals surface area contributed by atoms with E-state index in [1.807, 2.05) is 39.8 Å². The molecule has 2 aromatic carbocycles. The minimum atomic E-state index is -0.631. The van der Waals surface area contributed by atoms with E-state index >= 15 is 0 Å². The lowest BCUT2D eigenvalue weighted by Crippen LogP contribution is -2.48. The maximum atomic E-state index is 13.3.